The van der Waals surface area contributed by atoms with Crippen molar-refractivity contribution in [2.45, 2.75) is 97.4 Å². The van der Waals surface area contributed by atoms with Crippen LogP contribution in [-0.4, -0.2) is 23.3 Å². The van der Waals surface area contributed by atoms with E-state index in [0.29, 0.717) is 24.4 Å². The summed E-state index contributed by atoms with van der Waals surface area (Å²) in [5, 5.41) is 2.84. The third-order valence-electron chi connectivity index (χ3n) is 6.90. The zero-order valence-electron chi connectivity index (χ0n) is 23.7. The molecule has 0 aliphatic carbocycles. The largest absolute Gasteiger partial charge is 0.491 e. The maximum Gasteiger partial charge on any atom is 0.256 e. The van der Waals surface area contributed by atoms with Crippen molar-refractivity contribution in [2.24, 2.45) is 0 Å². The molecule has 0 saturated heterocycles. The van der Waals surface area contributed by atoms with E-state index in [2.05, 4.69) is 30.3 Å². The normalized spacial score (nSPS) is 12.7. The number of halogens is 2. The summed E-state index contributed by atoms with van der Waals surface area (Å²) in [5.41, 5.74) is 1.97. The highest BCUT2D eigenvalue weighted by Gasteiger charge is 2.16. The summed E-state index contributed by atoms with van der Waals surface area (Å²) in [4.78, 5) is 16.4. The van der Waals surface area contributed by atoms with Crippen LogP contribution in [0.3, 0.4) is 0 Å². The molecule has 4 nitrogen and oxygen atoms in total. The molecule has 1 heterocycles. The zero-order valence-corrected chi connectivity index (χ0v) is 26.2. The summed E-state index contributed by atoms with van der Waals surface area (Å²) in [6.45, 7) is 5.52. The number of unbranched alkanes of at least 4 members (excludes halogenated alkanes) is 11. The summed E-state index contributed by atoms with van der Waals surface area (Å²) in [6.07, 6.45) is 17.5. The molecule has 0 unspecified atom stereocenters. The maximum absolute atomic E-state index is 14.6. The quantitative estimate of drug-likeness (QED) is 0.168. The molecule has 0 radical (unpaired) electrons. The van der Waals surface area contributed by atoms with Crippen LogP contribution in [0.1, 0.15) is 107 Å². The first-order chi connectivity index (χ1) is 18.6. The van der Waals surface area contributed by atoms with E-state index in [-0.39, 0.29) is 28.6 Å². The molecule has 1 amide bonds. The molecule has 0 aromatic heterocycles. The molecule has 0 spiro atoms. The average molecular weight is 622 g/mol. The molecular weight excluding hydrogens is 575 g/mol. The standard InChI is InChI=1S/C32H45FN2O2S.BrH/c1-3-4-5-6-7-8-9-10-11-12-13-16-21-37-31-20-19-28(22-30(31)33)34-32(36)29-18-15-14-17-27(29)24-35-23-26(2)38-25-35;/h14-15,17-20,22-23H,3-13,16,21,24-25H2,1-2H3,(H,34,36);1H. The minimum Gasteiger partial charge on any atom is -0.491 e. The number of nitrogens with one attached hydrogen (secondary N) is 1. The summed E-state index contributed by atoms with van der Waals surface area (Å²) in [7, 11) is 0. The number of benzene rings is 2. The van der Waals surface area contributed by atoms with Gasteiger partial charge in [-0.05, 0) is 42.0 Å². The first-order valence-corrected chi connectivity index (χ1v) is 15.4. The molecule has 1 N–H and O–H groups in total. The Labute approximate surface area is 249 Å². The van der Waals surface area contributed by atoms with E-state index in [9.17, 15) is 9.18 Å². The second kappa shape index (κ2) is 19.1. The van der Waals surface area contributed by atoms with Crippen LogP contribution in [0.25, 0.3) is 0 Å². The number of thioether (sulfide) groups is 1. The van der Waals surface area contributed by atoms with Crippen LogP contribution in [0.4, 0.5) is 10.1 Å². The predicted octanol–water partition coefficient (Wildman–Crippen LogP) is 10.1. The van der Waals surface area contributed by atoms with E-state index < -0.39 is 5.82 Å². The Bertz CT molecular complexity index is 1030. The van der Waals surface area contributed by atoms with E-state index in [1.54, 1.807) is 23.9 Å². The smallest absolute Gasteiger partial charge is 0.256 e. The number of hydrogen-bond donors (Lipinski definition) is 1. The van der Waals surface area contributed by atoms with E-state index in [1.807, 2.05) is 24.3 Å². The number of anilines is 1. The van der Waals surface area contributed by atoms with Gasteiger partial charge >= 0.3 is 0 Å². The van der Waals surface area contributed by atoms with Crippen LogP contribution in [0.2, 0.25) is 0 Å². The Hall–Kier alpha value is -1.99. The molecule has 1 aliphatic heterocycles. The molecule has 39 heavy (non-hydrogen) atoms. The van der Waals surface area contributed by atoms with Gasteiger partial charge < -0.3 is 15.0 Å². The lowest BCUT2D eigenvalue weighted by Gasteiger charge is -2.17. The van der Waals surface area contributed by atoms with Crippen LogP contribution >= 0.6 is 28.7 Å². The summed E-state index contributed by atoms with van der Waals surface area (Å²) < 4.78 is 20.3. The van der Waals surface area contributed by atoms with Crippen molar-refractivity contribution in [1.82, 2.24) is 4.90 Å². The number of amides is 1. The Kier molecular flexibility index (Phi) is 16.3. The van der Waals surface area contributed by atoms with Gasteiger partial charge in [-0.2, -0.15) is 0 Å². The van der Waals surface area contributed by atoms with Crippen molar-refractivity contribution in [3.63, 3.8) is 0 Å². The molecule has 0 fully saturated rings. The fourth-order valence-electron chi connectivity index (χ4n) is 4.73. The first-order valence-electron chi connectivity index (χ1n) is 14.4. The summed E-state index contributed by atoms with van der Waals surface area (Å²) >= 11 is 1.79. The fourth-order valence-corrected chi connectivity index (χ4v) is 5.48. The molecule has 1 aliphatic rings. The maximum atomic E-state index is 14.6. The molecule has 216 valence electrons. The molecular formula is C32H46BrFN2O2S. The number of hydrogen-bond acceptors (Lipinski definition) is 4. The van der Waals surface area contributed by atoms with E-state index >= 15 is 0 Å². The molecule has 0 bridgehead atoms. The molecule has 2 aromatic rings. The Balaban J connectivity index is 0.00000533. The minimum atomic E-state index is -0.454. The van der Waals surface area contributed by atoms with Crippen molar-refractivity contribution in [3.05, 3.63) is 70.5 Å². The van der Waals surface area contributed by atoms with E-state index in [4.69, 9.17) is 4.74 Å². The number of allylic oxidation sites excluding steroid dienone is 1. The van der Waals surface area contributed by atoms with Crippen LogP contribution in [0.15, 0.2) is 53.6 Å². The lowest BCUT2D eigenvalue weighted by Crippen LogP contribution is -2.19. The van der Waals surface area contributed by atoms with Crippen LogP contribution in [0, 0.1) is 5.82 Å². The van der Waals surface area contributed by atoms with Gasteiger partial charge in [0, 0.05) is 30.1 Å². The van der Waals surface area contributed by atoms with Crippen LogP contribution in [0.5, 0.6) is 5.75 Å². The van der Waals surface area contributed by atoms with Crippen molar-refractivity contribution in [1.29, 1.82) is 0 Å². The van der Waals surface area contributed by atoms with Gasteiger partial charge in [0.2, 0.25) is 0 Å². The van der Waals surface area contributed by atoms with Gasteiger partial charge in [-0.1, -0.05) is 95.8 Å². The van der Waals surface area contributed by atoms with Crippen LogP contribution in [-0.2, 0) is 6.54 Å². The minimum absolute atomic E-state index is 0. The van der Waals surface area contributed by atoms with Crippen molar-refractivity contribution >= 4 is 40.3 Å². The first kappa shape index (κ1) is 33.2. The highest BCUT2D eigenvalue weighted by atomic mass is 79.9. The second-order valence-electron chi connectivity index (χ2n) is 10.3. The average Bonchev–Trinajstić information content (AvgIpc) is 3.32. The Morgan fingerprint density at radius 2 is 1.59 bits per heavy atom. The van der Waals surface area contributed by atoms with E-state index in [0.717, 1.165) is 24.3 Å². The van der Waals surface area contributed by atoms with Gasteiger partial charge in [0.1, 0.15) is 0 Å². The molecule has 0 saturated carbocycles. The molecule has 3 rings (SSSR count). The molecule has 0 atom stereocenters. The molecule has 2 aromatic carbocycles. The lowest BCUT2D eigenvalue weighted by atomic mass is 10.1. The van der Waals surface area contributed by atoms with E-state index in [1.165, 1.54) is 75.2 Å². The third-order valence-corrected chi connectivity index (χ3v) is 7.92. The van der Waals surface area contributed by atoms with Crippen molar-refractivity contribution < 1.29 is 13.9 Å². The van der Waals surface area contributed by atoms with Crippen LogP contribution < -0.4 is 10.1 Å². The summed E-state index contributed by atoms with van der Waals surface area (Å²) in [5.74, 6) is 0.427. The number of nitrogens with zero attached hydrogens (tertiary/aromatic N) is 1. The number of rotatable bonds is 18. The lowest BCUT2D eigenvalue weighted by molar-refractivity contribution is 0.102. The SMILES string of the molecule is Br.CCCCCCCCCCCCCCOc1ccc(NC(=O)c2ccccc2CN2C=C(C)SC2)cc1F. The Morgan fingerprint density at radius 3 is 2.21 bits per heavy atom. The van der Waals surface area contributed by atoms with Crippen molar-refractivity contribution in [3.8, 4) is 5.75 Å². The van der Waals surface area contributed by atoms with Gasteiger partial charge in [-0.15, -0.1) is 28.7 Å². The summed E-state index contributed by atoms with van der Waals surface area (Å²) in [6, 6.07) is 12.2. The highest BCUT2D eigenvalue weighted by Crippen LogP contribution is 2.27. The van der Waals surface area contributed by atoms with Crippen molar-refractivity contribution in [2.75, 3.05) is 17.8 Å². The molecule has 7 heteroatoms. The topological polar surface area (TPSA) is 41.6 Å². The predicted molar refractivity (Wildman–Crippen MR) is 169 cm³/mol. The Morgan fingerprint density at radius 1 is 0.949 bits per heavy atom. The monoisotopic (exact) mass is 620 g/mol. The second-order valence-corrected chi connectivity index (χ2v) is 11.4. The van der Waals surface area contributed by atoms with Gasteiger partial charge in [-0.25, -0.2) is 4.39 Å². The van der Waals surface area contributed by atoms with Gasteiger partial charge in [0.15, 0.2) is 11.6 Å². The highest BCUT2D eigenvalue weighted by molar-refractivity contribution is 8.93. The zero-order chi connectivity index (χ0) is 27.0. The van der Waals surface area contributed by atoms with Gasteiger partial charge in [0.05, 0.1) is 12.5 Å². The number of carbonyl (C=O) groups is 1. The number of ether oxygens (including phenoxy) is 1. The fraction of sp³-hybridized carbons (Fsp3) is 0.531. The van der Waals surface area contributed by atoms with Gasteiger partial charge in [0.25, 0.3) is 5.91 Å². The number of carbonyl (C=O) groups excluding carboxylic acids is 1. The van der Waals surface area contributed by atoms with Gasteiger partial charge in [-0.3, -0.25) is 4.79 Å². The third kappa shape index (κ3) is 12.4.